The summed E-state index contributed by atoms with van der Waals surface area (Å²) in [7, 11) is 1.19. The Bertz CT molecular complexity index is 753. The molecule has 0 atom stereocenters. The van der Waals surface area contributed by atoms with E-state index in [0.717, 1.165) is 0 Å². The van der Waals surface area contributed by atoms with E-state index < -0.39 is 11.7 Å². The Morgan fingerprint density at radius 1 is 1.50 bits per heavy atom. The zero-order valence-electron chi connectivity index (χ0n) is 11.4. The minimum Gasteiger partial charge on any atom is -0.464 e. The van der Waals surface area contributed by atoms with Gasteiger partial charge in [0.25, 0.3) is 5.76 Å². The van der Waals surface area contributed by atoms with E-state index in [9.17, 15) is 13.6 Å². The number of benzene rings is 1. The monoisotopic (exact) mass is 323 g/mol. The summed E-state index contributed by atoms with van der Waals surface area (Å²) in [6.45, 7) is 0. The number of ether oxygens (including phenoxy) is 1. The molecule has 2 aromatic rings. The lowest BCUT2D eigenvalue weighted by molar-refractivity contribution is 0.0593. The fourth-order valence-electron chi connectivity index (χ4n) is 1.93. The zero-order chi connectivity index (χ0) is 16.3. The molecule has 0 spiro atoms. The smallest absolute Gasteiger partial charge is 0.357 e. The van der Waals surface area contributed by atoms with Crippen LogP contribution in [0.15, 0.2) is 35.4 Å². The van der Waals surface area contributed by atoms with E-state index in [1.807, 2.05) is 6.07 Å². The molecule has 0 unspecified atom stereocenters. The standard InChI is InChI=1S/C14H11F2N3O2S/c1-21-13(20)12-11(18)8(6-17)7-19(12)9-3-2-4-10(5-9)22-14(15)16/h2-5,7,14H,18H2,1H3. The topological polar surface area (TPSA) is 81.0 Å². The fraction of sp³-hybridized carbons (Fsp3) is 0.143. The molecule has 2 N–H and O–H groups in total. The molecule has 8 heteroatoms. The van der Waals surface area contributed by atoms with Crippen molar-refractivity contribution in [2.75, 3.05) is 12.8 Å². The number of hydrogen-bond donors (Lipinski definition) is 1. The van der Waals surface area contributed by atoms with E-state index in [1.165, 1.54) is 30.0 Å². The van der Waals surface area contributed by atoms with Gasteiger partial charge < -0.3 is 15.0 Å². The second kappa shape index (κ2) is 6.49. The molecule has 0 radical (unpaired) electrons. The summed E-state index contributed by atoms with van der Waals surface area (Å²) in [6, 6.07) is 8.06. The van der Waals surface area contributed by atoms with E-state index in [0.29, 0.717) is 22.3 Å². The van der Waals surface area contributed by atoms with Crippen molar-refractivity contribution in [3.63, 3.8) is 0 Å². The molecule has 1 aromatic heterocycles. The van der Waals surface area contributed by atoms with Crippen molar-refractivity contribution < 1.29 is 18.3 Å². The number of carbonyl (C=O) groups is 1. The predicted molar refractivity (Wildman–Crippen MR) is 78.1 cm³/mol. The molecule has 1 aromatic carbocycles. The molecule has 0 amide bonds. The predicted octanol–water partition coefficient (Wildman–Crippen LogP) is 3.03. The Morgan fingerprint density at radius 2 is 2.23 bits per heavy atom. The van der Waals surface area contributed by atoms with Gasteiger partial charge in [-0.05, 0) is 18.2 Å². The van der Waals surface area contributed by atoms with E-state index in [1.54, 1.807) is 12.1 Å². The fourth-order valence-corrected chi connectivity index (χ4v) is 2.48. The Labute approximate surface area is 129 Å². The maximum Gasteiger partial charge on any atom is 0.357 e. The van der Waals surface area contributed by atoms with Gasteiger partial charge in [-0.3, -0.25) is 0 Å². The summed E-state index contributed by atoms with van der Waals surface area (Å²) in [4.78, 5) is 12.2. The number of nitrogen functional groups attached to an aromatic ring is 1. The lowest BCUT2D eigenvalue weighted by atomic mass is 10.2. The van der Waals surface area contributed by atoms with Crippen LogP contribution in [0.3, 0.4) is 0 Å². The third kappa shape index (κ3) is 3.04. The molecular formula is C14H11F2N3O2S. The van der Waals surface area contributed by atoms with Crippen molar-refractivity contribution in [1.29, 1.82) is 5.26 Å². The van der Waals surface area contributed by atoms with E-state index in [-0.39, 0.29) is 16.9 Å². The van der Waals surface area contributed by atoms with Crippen molar-refractivity contribution >= 4 is 23.4 Å². The molecule has 0 aliphatic heterocycles. The molecule has 0 aliphatic carbocycles. The van der Waals surface area contributed by atoms with Gasteiger partial charge in [-0.25, -0.2) is 4.79 Å². The maximum absolute atomic E-state index is 12.5. The first kappa shape index (κ1) is 15.9. The number of esters is 1. The molecule has 0 fully saturated rings. The molecule has 1 heterocycles. The normalized spacial score (nSPS) is 10.5. The highest BCUT2D eigenvalue weighted by molar-refractivity contribution is 7.99. The van der Waals surface area contributed by atoms with Crippen LogP contribution in [0.1, 0.15) is 16.1 Å². The highest BCUT2D eigenvalue weighted by Crippen LogP contribution is 2.29. The average Bonchev–Trinajstić information content (AvgIpc) is 2.83. The first-order valence-corrected chi connectivity index (χ1v) is 6.90. The Hall–Kier alpha value is -2.53. The third-order valence-corrected chi connectivity index (χ3v) is 3.57. The van der Waals surface area contributed by atoms with E-state index >= 15 is 0 Å². The minimum absolute atomic E-state index is 0.0127. The van der Waals surface area contributed by atoms with E-state index in [4.69, 9.17) is 11.0 Å². The first-order valence-electron chi connectivity index (χ1n) is 6.02. The molecule has 0 saturated heterocycles. The summed E-state index contributed by atoms with van der Waals surface area (Å²) in [5.41, 5.74) is 6.28. The lowest BCUT2D eigenvalue weighted by Gasteiger charge is -2.10. The van der Waals surface area contributed by atoms with Crippen LogP contribution in [0.2, 0.25) is 0 Å². The molecular weight excluding hydrogens is 312 g/mol. The number of thioether (sulfide) groups is 1. The molecule has 22 heavy (non-hydrogen) atoms. The van der Waals surface area contributed by atoms with Crippen LogP contribution in [0.5, 0.6) is 0 Å². The van der Waals surface area contributed by atoms with Gasteiger partial charge in [0, 0.05) is 16.8 Å². The minimum atomic E-state index is -2.56. The molecule has 2 rings (SSSR count). The van der Waals surface area contributed by atoms with Crippen molar-refractivity contribution in [3.8, 4) is 11.8 Å². The Kier molecular flexibility index (Phi) is 4.68. The summed E-state index contributed by atoms with van der Waals surface area (Å²) < 4.78 is 30.9. The number of methoxy groups -OCH3 is 1. The zero-order valence-corrected chi connectivity index (χ0v) is 12.2. The number of anilines is 1. The summed E-state index contributed by atoms with van der Waals surface area (Å²) in [5.74, 6) is -3.27. The Morgan fingerprint density at radius 3 is 2.82 bits per heavy atom. The first-order chi connectivity index (χ1) is 10.5. The van der Waals surface area contributed by atoms with Crippen LogP contribution in [0.25, 0.3) is 5.69 Å². The van der Waals surface area contributed by atoms with E-state index in [2.05, 4.69) is 4.74 Å². The number of nitrogens with two attached hydrogens (primary N) is 1. The van der Waals surface area contributed by atoms with Crippen molar-refractivity contribution in [3.05, 3.63) is 41.7 Å². The van der Waals surface area contributed by atoms with Gasteiger partial charge >= 0.3 is 5.97 Å². The van der Waals surface area contributed by atoms with Crippen LogP contribution in [0, 0.1) is 11.3 Å². The van der Waals surface area contributed by atoms with Gasteiger partial charge in [-0.15, -0.1) is 0 Å². The molecule has 114 valence electrons. The summed E-state index contributed by atoms with van der Waals surface area (Å²) in [6.07, 6.45) is 1.37. The van der Waals surface area contributed by atoms with Gasteiger partial charge in [-0.1, -0.05) is 17.8 Å². The largest absolute Gasteiger partial charge is 0.464 e. The third-order valence-electron chi connectivity index (χ3n) is 2.86. The number of hydrogen-bond acceptors (Lipinski definition) is 5. The highest BCUT2D eigenvalue weighted by atomic mass is 32.2. The van der Waals surface area contributed by atoms with Crippen LogP contribution in [-0.2, 0) is 4.74 Å². The highest BCUT2D eigenvalue weighted by Gasteiger charge is 2.21. The summed E-state index contributed by atoms with van der Waals surface area (Å²) in [5, 5.41) is 9.03. The van der Waals surface area contributed by atoms with Gasteiger partial charge in [0.15, 0.2) is 5.69 Å². The van der Waals surface area contributed by atoms with Gasteiger partial charge in [0.1, 0.15) is 6.07 Å². The average molecular weight is 323 g/mol. The molecule has 0 saturated carbocycles. The number of rotatable bonds is 4. The second-order valence-corrected chi connectivity index (χ2v) is 5.22. The van der Waals surface area contributed by atoms with Crippen LogP contribution in [-0.4, -0.2) is 23.4 Å². The lowest BCUT2D eigenvalue weighted by Crippen LogP contribution is -2.11. The van der Waals surface area contributed by atoms with Crippen LogP contribution < -0.4 is 5.73 Å². The van der Waals surface area contributed by atoms with Crippen LogP contribution >= 0.6 is 11.8 Å². The van der Waals surface area contributed by atoms with Gasteiger partial charge in [0.2, 0.25) is 0 Å². The van der Waals surface area contributed by atoms with Crippen molar-refractivity contribution in [2.24, 2.45) is 0 Å². The maximum atomic E-state index is 12.5. The number of carbonyl (C=O) groups excluding carboxylic acids is 1. The second-order valence-electron chi connectivity index (χ2n) is 4.15. The quantitative estimate of drug-likeness (QED) is 0.691. The van der Waals surface area contributed by atoms with Gasteiger partial charge in [-0.2, -0.15) is 14.0 Å². The number of nitrogens with zero attached hydrogens (tertiary/aromatic N) is 2. The van der Waals surface area contributed by atoms with Crippen molar-refractivity contribution in [1.82, 2.24) is 4.57 Å². The Balaban J connectivity index is 2.57. The molecule has 0 bridgehead atoms. The number of nitriles is 1. The van der Waals surface area contributed by atoms with Crippen molar-refractivity contribution in [2.45, 2.75) is 10.7 Å². The van der Waals surface area contributed by atoms with Crippen LogP contribution in [0.4, 0.5) is 14.5 Å². The van der Waals surface area contributed by atoms with Gasteiger partial charge in [0.05, 0.1) is 18.4 Å². The number of aromatic nitrogens is 1. The SMILES string of the molecule is COC(=O)c1c(N)c(C#N)cn1-c1cccc(SC(F)F)c1. The molecule has 0 aliphatic rings. The number of alkyl halides is 2. The molecule has 5 nitrogen and oxygen atoms in total. The number of halogens is 2. The summed E-state index contributed by atoms with van der Waals surface area (Å²) >= 11 is 0.385.